The first kappa shape index (κ1) is 12.8. The summed E-state index contributed by atoms with van der Waals surface area (Å²) >= 11 is 1.77. The molecule has 0 aromatic carbocycles. The number of fused-ring (bicyclic) bond motifs is 1. The van der Waals surface area contributed by atoms with Crippen LogP contribution in [-0.4, -0.2) is 38.7 Å². The van der Waals surface area contributed by atoms with Gasteiger partial charge in [-0.1, -0.05) is 0 Å². The summed E-state index contributed by atoms with van der Waals surface area (Å²) in [6.45, 7) is 3.67. The van der Waals surface area contributed by atoms with E-state index in [-0.39, 0.29) is 0 Å². The smallest absolute Gasteiger partial charge is 0.148 e. The molecule has 0 radical (unpaired) electrons. The van der Waals surface area contributed by atoms with Gasteiger partial charge in [0.1, 0.15) is 16.6 Å². The Bertz CT molecular complexity index is 735. The molecule has 2 aromatic rings. The maximum Gasteiger partial charge on any atom is 0.148 e. The predicted octanol–water partition coefficient (Wildman–Crippen LogP) is 1.31. The van der Waals surface area contributed by atoms with Gasteiger partial charge in [-0.15, -0.1) is 11.8 Å². The lowest BCUT2D eigenvalue weighted by atomic mass is 10.1. The molecule has 2 N–H and O–H groups in total. The van der Waals surface area contributed by atoms with E-state index in [0.717, 1.165) is 53.2 Å². The van der Waals surface area contributed by atoms with Crippen LogP contribution in [0.3, 0.4) is 0 Å². The predicted molar refractivity (Wildman–Crippen MR) is 85.2 cm³/mol. The SMILES string of the molecule is Cc1cc(-n2ccc(C3=NCCS3)n2)c2c(n1)N(N)CC2. The van der Waals surface area contributed by atoms with E-state index in [0.29, 0.717) is 0 Å². The van der Waals surface area contributed by atoms with E-state index in [9.17, 15) is 0 Å². The van der Waals surface area contributed by atoms with Crippen LogP contribution in [0.1, 0.15) is 17.0 Å². The fraction of sp³-hybridized carbons (Fsp3) is 0.357. The maximum atomic E-state index is 5.99. The van der Waals surface area contributed by atoms with Crippen LogP contribution in [0, 0.1) is 6.92 Å². The van der Waals surface area contributed by atoms with Crippen LogP contribution in [0.25, 0.3) is 5.69 Å². The Hall–Kier alpha value is -1.86. The van der Waals surface area contributed by atoms with Gasteiger partial charge in [-0.05, 0) is 25.5 Å². The molecule has 108 valence electrons. The second kappa shape index (κ2) is 4.85. The number of anilines is 1. The van der Waals surface area contributed by atoms with Crippen molar-refractivity contribution in [1.29, 1.82) is 0 Å². The highest BCUT2D eigenvalue weighted by atomic mass is 32.2. The summed E-state index contributed by atoms with van der Waals surface area (Å²) in [7, 11) is 0. The number of thioether (sulfide) groups is 1. The molecule has 21 heavy (non-hydrogen) atoms. The molecule has 2 aromatic heterocycles. The van der Waals surface area contributed by atoms with Crippen LogP contribution in [0.5, 0.6) is 0 Å². The molecule has 6 nitrogen and oxygen atoms in total. The molecule has 2 aliphatic heterocycles. The molecule has 0 amide bonds. The lowest BCUT2D eigenvalue weighted by molar-refractivity contribution is 0.855. The number of aryl methyl sites for hydroxylation is 1. The quantitative estimate of drug-likeness (QED) is 0.847. The van der Waals surface area contributed by atoms with Gasteiger partial charge in [0, 0.05) is 36.3 Å². The summed E-state index contributed by atoms with van der Waals surface area (Å²) in [4.78, 5) is 9.02. The summed E-state index contributed by atoms with van der Waals surface area (Å²) in [5, 5.41) is 7.44. The third kappa shape index (κ3) is 2.13. The van der Waals surface area contributed by atoms with Crippen molar-refractivity contribution >= 4 is 22.6 Å². The topological polar surface area (TPSA) is 72.3 Å². The van der Waals surface area contributed by atoms with Crippen molar-refractivity contribution in [2.75, 3.05) is 23.9 Å². The van der Waals surface area contributed by atoms with Crippen molar-refractivity contribution in [3.05, 3.63) is 35.3 Å². The molecule has 0 saturated heterocycles. The highest BCUT2D eigenvalue weighted by Crippen LogP contribution is 2.30. The summed E-state index contributed by atoms with van der Waals surface area (Å²) in [5.74, 6) is 7.91. The van der Waals surface area contributed by atoms with Gasteiger partial charge in [-0.2, -0.15) is 5.10 Å². The lowest BCUT2D eigenvalue weighted by Crippen LogP contribution is -2.28. The molecule has 0 bridgehead atoms. The van der Waals surface area contributed by atoms with Crippen LogP contribution in [0.4, 0.5) is 5.82 Å². The average molecular weight is 300 g/mol. The molecule has 0 atom stereocenters. The Kier molecular flexibility index (Phi) is 2.97. The van der Waals surface area contributed by atoms with Crippen LogP contribution in [-0.2, 0) is 6.42 Å². The molecule has 4 heterocycles. The minimum atomic E-state index is 0.801. The number of hydrogen-bond donors (Lipinski definition) is 1. The maximum absolute atomic E-state index is 5.99. The van der Waals surface area contributed by atoms with Crippen molar-refractivity contribution < 1.29 is 0 Å². The van der Waals surface area contributed by atoms with Crippen molar-refractivity contribution in [3.63, 3.8) is 0 Å². The molecule has 0 unspecified atom stereocenters. The minimum Gasteiger partial charge on any atom is -0.294 e. The number of hydrogen-bond acceptors (Lipinski definition) is 6. The molecule has 4 rings (SSSR count). The number of aliphatic imine (C=N–C) groups is 1. The highest BCUT2D eigenvalue weighted by molar-refractivity contribution is 8.14. The minimum absolute atomic E-state index is 0.801. The van der Waals surface area contributed by atoms with Gasteiger partial charge >= 0.3 is 0 Å². The van der Waals surface area contributed by atoms with Crippen molar-refractivity contribution in [3.8, 4) is 5.69 Å². The number of pyridine rings is 1. The zero-order valence-corrected chi connectivity index (χ0v) is 12.6. The zero-order chi connectivity index (χ0) is 14.4. The van der Waals surface area contributed by atoms with Gasteiger partial charge in [-0.25, -0.2) is 15.5 Å². The Morgan fingerprint density at radius 2 is 2.29 bits per heavy atom. The molecular weight excluding hydrogens is 284 g/mol. The fourth-order valence-electron chi connectivity index (χ4n) is 2.75. The van der Waals surface area contributed by atoms with Gasteiger partial charge < -0.3 is 0 Å². The van der Waals surface area contributed by atoms with Gasteiger partial charge in [0.05, 0.1) is 5.69 Å². The van der Waals surface area contributed by atoms with Crippen molar-refractivity contribution in [2.45, 2.75) is 13.3 Å². The third-order valence-corrected chi connectivity index (χ3v) is 4.72. The Morgan fingerprint density at radius 3 is 3.10 bits per heavy atom. The van der Waals surface area contributed by atoms with Gasteiger partial charge in [-0.3, -0.25) is 10.0 Å². The van der Waals surface area contributed by atoms with Gasteiger partial charge in [0.15, 0.2) is 0 Å². The molecule has 2 aliphatic rings. The Labute approximate surface area is 127 Å². The van der Waals surface area contributed by atoms with Crippen LogP contribution in [0.15, 0.2) is 23.3 Å². The first-order chi connectivity index (χ1) is 10.2. The van der Waals surface area contributed by atoms with E-state index in [2.05, 4.69) is 21.1 Å². The normalized spacial score (nSPS) is 17.2. The molecular formula is C14H16N6S. The molecule has 7 heteroatoms. The standard InChI is InChI=1S/C14H16N6S/c1-9-8-12(10-2-5-19(15)13(10)17-9)20-6-3-11(18-20)14-16-4-7-21-14/h3,6,8H,2,4-5,7,15H2,1H3. The number of hydrazine groups is 1. The molecule has 0 spiro atoms. The summed E-state index contributed by atoms with van der Waals surface area (Å²) in [6, 6.07) is 4.09. The first-order valence-corrected chi connectivity index (χ1v) is 7.97. The monoisotopic (exact) mass is 300 g/mol. The number of nitrogens with two attached hydrogens (primary N) is 1. The largest absolute Gasteiger partial charge is 0.294 e. The van der Waals surface area contributed by atoms with E-state index in [1.54, 1.807) is 16.8 Å². The van der Waals surface area contributed by atoms with Crippen LogP contribution >= 0.6 is 11.8 Å². The number of nitrogens with zero attached hydrogens (tertiary/aromatic N) is 5. The summed E-state index contributed by atoms with van der Waals surface area (Å²) in [6.07, 6.45) is 2.89. The number of aromatic nitrogens is 3. The van der Waals surface area contributed by atoms with E-state index in [1.165, 1.54) is 5.56 Å². The zero-order valence-electron chi connectivity index (χ0n) is 11.8. The fourth-order valence-corrected chi connectivity index (χ4v) is 3.56. The van der Waals surface area contributed by atoms with E-state index < -0.39 is 0 Å². The van der Waals surface area contributed by atoms with Gasteiger partial charge in [0.25, 0.3) is 0 Å². The van der Waals surface area contributed by atoms with Crippen molar-refractivity contribution in [1.82, 2.24) is 14.8 Å². The van der Waals surface area contributed by atoms with Crippen molar-refractivity contribution in [2.24, 2.45) is 10.8 Å². The third-order valence-electron chi connectivity index (χ3n) is 3.72. The second-order valence-electron chi connectivity index (χ2n) is 5.21. The Balaban J connectivity index is 1.79. The van der Waals surface area contributed by atoms with Gasteiger partial charge in [0.2, 0.25) is 0 Å². The van der Waals surface area contributed by atoms with E-state index >= 15 is 0 Å². The second-order valence-corrected chi connectivity index (χ2v) is 6.29. The summed E-state index contributed by atoms with van der Waals surface area (Å²) in [5.41, 5.74) is 4.13. The van der Waals surface area contributed by atoms with Crippen LogP contribution < -0.4 is 10.9 Å². The van der Waals surface area contributed by atoms with E-state index in [4.69, 9.17) is 5.84 Å². The average Bonchev–Trinajstić information content (AvgIpc) is 3.18. The molecule has 0 fully saturated rings. The highest BCUT2D eigenvalue weighted by Gasteiger charge is 2.23. The Morgan fingerprint density at radius 1 is 1.38 bits per heavy atom. The molecule has 0 saturated carbocycles. The number of rotatable bonds is 2. The van der Waals surface area contributed by atoms with E-state index in [1.807, 2.05) is 23.9 Å². The molecule has 0 aliphatic carbocycles. The lowest BCUT2D eigenvalue weighted by Gasteiger charge is -2.13. The van der Waals surface area contributed by atoms with Crippen LogP contribution in [0.2, 0.25) is 0 Å². The summed E-state index contributed by atoms with van der Waals surface area (Å²) < 4.78 is 1.92. The first-order valence-electron chi connectivity index (χ1n) is 6.99.